The second kappa shape index (κ2) is 7.94. The van der Waals surface area contributed by atoms with Crippen molar-refractivity contribution in [3.63, 3.8) is 0 Å². The Labute approximate surface area is 181 Å². The van der Waals surface area contributed by atoms with E-state index in [1.165, 1.54) is 16.7 Å². The summed E-state index contributed by atoms with van der Waals surface area (Å²) in [5, 5.41) is 13.0. The van der Waals surface area contributed by atoms with Gasteiger partial charge in [-0.2, -0.15) is 4.98 Å². The van der Waals surface area contributed by atoms with E-state index in [0.29, 0.717) is 25.0 Å². The van der Waals surface area contributed by atoms with Crippen molar-refractivity contribution in [3.8, 4) is 5.69 Å². The maximum Gasteiger partial charge on any atom is 0.230 e. The molecule has 2 aromatic heterocycles. The number of fused-ring (bicyclic) bond motifs is 1. The van der Waals surface area contributed by atoms with Gasteiger partial charge in [-0.05, 0) is 62.4 Å². The summed E-state index contributed by atoms with van der Waals surface area (Å²) in [4.78, 5) is 16.2. The molecule has 0 bridgehead atoms. The van der Waals surface area contributed by atoms with Crippen molar-refractivity contribution in [1.29, 1.82) is 0 Å². The second-order valence-electron chi connectivity index (χ2n) is 8.46. The third-order valence-corrected chi connectivity index (χ3v) is 6.45. The van der Waals surface area contributed by atoms with Crippen molar-refractivity contribution >= 4 is 17.6 Å². The topological polar surface area (TPSA) is 88.3 Å². The lowest BCUT2D eigenvalue weighted by Gasteiger charge is -2.26. The number of aliphatic hydroxyl groups excluding tert-OH is 1. The van der Waals surface area contributed by atoms with Gasteiger partial charge in [-0.3, -0.25) is 0 Å². The minimum Gasteiger partial charge on any atom is -0.394 e. The molecule has 0 radical (unpaired) electrons. The first-order valence-electron chi connectivity index (χ1n) is 10.8. The predicted molar refractivity (Wildman–Crippen MR) is 119 cm³/mol. The van der Waals surface area contributed by atoms with Crippen molar-refractivity contribution in [1.82, 2.24) is 19.5 Å². The number of imidazole rings is 1. The molecule has 0 saturated carbocycles. The smallest absolute Gasteiger partial charge is 0.230 e. The molecule has 4 heterocycles. The van der Waals surface area contributed by atoms with Crippen molar-refractivity contribution in [2.75, 3.05) is 23.4 Å². The van der Waals surface area contributed by atoms with Crippen LogP contribution in [0.25, 0.3) is 5.69 Å². The van der Waals surface area contributed by atoms with Crippen LogP contribution in [-0.2, 0) is 18.0 Å². The first kappa shape index (κ1) is 20.0. The van der Waals surface area contributed by atoms with Crippen molar-refractivity contribution in [2.45, 2.75) is 52.9 Å². The number of nitrogens with one attached hydrogen (secondary N) is 1. The molecule has 1 saturated heterocycles. The molecule has 2 N–H and O–H groups in total. The maximum absolute atomic E-state index is 9.77. The lowest BCUT2D eigenvalue weighted by Crippen LogP contribution is -2.33. The van der Waals surface area contributed by atoms with Crippen LogP contribution in [0.3, 0.4) is 0 Å². The highest BCUT2D eigenvalue weighted by molar-refractivity contribution is 5.58. The third-order valence-electron chi connectivity index (χ3n) is 6.45. The summed E-state index contributed by atoms with van der Waals surface area (Å²) in [5.74, 6) is 2.05. The lowest BCUT2D eigenvalue weighted by atomic mass is 10.0. The number of aliphatic hydroxyl groups is 1. The zero-order valence-corrected chi connectivity index (χ0v) is 18.2. The van der Waals surface area contributed by atoms with E-state index in [9.17, 15) is 5.11 Å². The Bertz CT molecular complexity index is 1100. The molecule has 1 fully saturated rings. The molecular weight excluding hydrogens is 392 g/mol. The molecule has 3 aromatic rings. The predicted octanol–water partition coefficient (Wildman–Crippen LogP) is 3.32. The molecule has 0 aliphatic carbocycles. The van der Waals surface area contributed by atoms with Crippen LogP contribution in [0.5, 0.6) is 0 Å². The Balaban J connectivity index is 1.44. The van der Waals surface area contributed by atoms with Crippen LogP contribution < -0.4 is 10.2 Å². The Morgan fingerprint density at radius 1 is 1.16 bits per heavy atom. The highest BCUT2D eigenvalue weighted by atomic mass is 16.5. The largest absolute Gasteiger partial charge is 0.394 e. The lowest BCUT2D eigenvalue weighted by molar-refractivity contribution is 0.133. The Kier molecular flexibility index (Phi) is 5.11. The fourth-order valence-corrected chi connectivity index (χ4v) is 4.44. The number of hydrogen-bond donors (Lipinski definition) is 2. The van der Waals surface area contributed by atoms with Crippen LogP contribution >= 0.6 is 0 Å². The van der Waals surface area contributed by atoms with Gasteiger partial charge >= 0.3 is 0 Å². The first-order chi connectivity index (χ1) is 15.0. The third kappa shape index (κ3) is 3.66. The quantitative estimate of drug-likeness (QED) is 0.655. The van der Waals surface area contributed by atoms with E-state index in [4.69, 9.17) is 9.72 Å². The number of anilines is 3. The number of hydrogen-bond acceptors (Lipinski definition) is 7. The fraction of sp³-hybridized carbons (Fsp3) is 0.435. The SMILES string of the molecule is Cc1cc(-n2cnc(Nc3nc4c(c(N5CCC[C@H]5CO)n3)COC4)c2)cc(C)c1C. The van der Waals surface area contributed by atoms with Crippen LogP contribution in [0.2, 0.25) is 0 Å². The summed E-state index contributed by atoms with van der Waals surface area (Å²) in [6.07, 6.45) is 5.76. The van der Waals surface area contributed by atoms with Crippen LogP contribution in [-0.4, -0.2) is 43.8 Å². The van der Waals surface area contributed by atoms with Gasteiger partial charge in [0.1, 0.15) is 12.1 Å². The normalized spacial score (nSPS) is 17.9. The highest BCUT2D eigenvalue weighted by Crippen LogP contribution is 2.33. The van der Waals surface area contributed by atoms with Gasteiger partial charge < -0.3 is 24.6 Å². The Morgan fingerprint density at radius 3 is 2.74 bits per heavy atom. The molecule has 2 aliphatic heterocycles. The van der Waals surface area contributed by atoms with Gasteiger partial charge in [-0.1, -0.05) is 0 Å². The molecule has 31 heavy (non-hydrogen) atoms. The minimum absolute atomic E-state index is 0.0969. The van der Waals surface area contributed by atoms with E-state index in [-0.39, 0.29) is 12.6 Å². The van der Waals surface area contributed by atoms with E-state index in [1.807, 2.05) is 10.8 Å². The van der Waals surface area contributed by atoms with Gasteiger partial charge in [0.15, 0.2) is 5.82 Å². The average Bonchev–Trinajstić information content (AvgIpc) is 3.51. The van der Waals surface area contributed by atoms with E-state index < -0.39 is 0 Å². The standard InChI is InChI=1S/C23H28N6O2/c1-14-7-18(8-15(2)16(14)3)28-9-21(24-13-28)26-23-25-20-12-31-11-19(20)22(27-23)29-6-4-5-17(29)10-30/h7-9,13,17,30H,4-6,10-12H2,1-3H3,(H,25,26,27)/t17-/m0/s1. The Hall–Kier alpha value is -2.97. The summed E-state index contributed by atoms with van der Waals surface area (Å²) in [7, 11) is 0. The Morgan fingerprint density at radius 2 is 1.97 bits per heavy atom. The second-order valence-corrected chi connectivity index (χ2v) is 8.46. The summed E-state index contributed by atoms with van der Waals surface area (Å²) in [6, 6.07) is 4.43. The number of nitrogens with zero attached hydrogens (tertiary/aromatic N) is 5. The van der Waals surface area contributed by atoms with Gasteiger partial charge in [0.25, 0.3) is 0 Å². The zero-order valence-electron chi connectivity index (χ0n) is 18.2. The molecule has 162 valence electrons. The molecule has 8 heteroatoms. The number of benzene rings is 1. The summed E-state index contributed by atoms with van der Waals surface area (Å²) < 4.78 is 7.65. The first-order valence-corrected chi connectivity index (χ1v) is 10.8. The van der Waals surface area contributed by atoms with Gasteiger partial charge in [0, 0.05) is 17.8 Å². The maximum atomic E-state index is 9.77. The molecule has 1 aromatic carbocycles. The van der Waals surface area contributed by atoms with Crippen molar-refractivity contribution in [3.05, 3.63) is 52.6 Å². The van der Waals surface area contributed by atoms with Gasteiger partial charge in [-0.15, -0.1) is 0 Å². The molecule has 5 rings (SSSR count). The average molecular weight is 421 g/mol. The van der Waals surface area contributed by atoms with Crippen LogP contribution in [0.1, 0.15) is 40.8 Å². The molecule has 2 aliphatic rings. The van der Waals surface area contributed by atoms with Crippen molar-refractivity contribution < 1.29 is 9.84 Å². The molecule has 8 nitrogen and oxygen atoms in total. The molecule has 1 atom stereocenters. The molecule has 0 spiro atoms. The van der Waals surface area contributed by atoms with E-state index in [0.717, 1.165) is 42.1 Å². The zero-order chi connectivity index (χ0) is 21.5. The molecular formula is C23H28N6O2. The van der Waals surface area contributed by atoms with E-state index in [2.05, 4.69) is 53.1 Å². The van der Waals surface area contributed by atoms with Crippen LogP contribution in [0, 0.1) is 20.8 Å². The highest BCUT2D eigenvalue weighted by Gasteiger charge is 2.30. The van der Waals surface area contributed by atoms with Crippen molar-refractivity contribution in [2.24, 2.45) is 0 Å². The molecule has 0 unspecified atom stereocenters. The van der Waals surface area contributed by atoms with Gasteiger partial charge in [-0.25, -0.2) is 9.97 Å². The van der Waals surface area contributed by atoms with Gasteiger partial charge in [0.05, 0.1) is 37.8 Å². The van der Waals surface area contributed by atoms with Gasteiger partial charge in [0.2, 0.25) is 5.95 Å². The summed E-state index contributed by atoms with van der Waals surface area (Å²) in [5.41, 5.74) is 6.84. The number of rotatable bonds is 5. The van der Waals surface area contributed by atoms with E-state index in [1.54, 1.807) is 6.33 Å². The molecule has 0 amide bonds. The number of ether oxygens (including phenoxy) is 1. The summed E-state index contributed by atoms with van der Waals surface area (Å²) in [6.45, 7) is 8.40. The van der Waals surface area contributed by atoms with Crippen LogP contribution in [0.15, 0.2) is 24.7 Å². The number of aromatic nitrogens is 4. The summed E-state index contributed by atoms with van der Waals surface area (Å²) >= 11 is 0. The monoisotopic (exact) mass is 420 g/mol. The minimum atomic E-state index is 0.0969. The van der Waals surface area contributed by atoms with Crippen LogP contribution in [0.4, 0.5) is 17.6 Å². The van der Waals surface area contributed by atoms with E-state index >= 15 is 0 Å². The number of aryl methyl sites for hydroxylation is 2. The fourth-order valence-electron chi connectivity index (χ4n) is 4.44.